The monoisotopic (exact) mass is 749 g/mol. The predicted octanol–water partition coefficient (Wildman–Crippen LogP) is 7.79. The van der Waals surface area contributed by atoms with Crippen molar-refractivity contribution >= 4 is 5.91 Å². The van der Waals surface area contributed by atoms with E-state index < -0.39 is 11.1 Å². The summed E-state index contributed by atoms with van der Waals surface area (Å²) >= 11 is 0. The van der Waals surface area contributed by atoms with Crippen molar-refractivity contribution in [2.24, 2.45) is 17.4 Å². The van der Waals surface area contributed by atoms with Gasteiger partial charge in [-0.3, -0.25) is 9.48 Å². The molecule has 4 unspecified atom stereocenters. The summed E-state index contributed by atoms with van der Waals surface area (Å²) in [5.41, 5.74) is 14.1. The number of unbranched alkanes of at least 4 members (excludes halogenated alkanes) is 7. The van der Waals surface area contributed by atoms with E-state index in [0.717, 1.165) is 43.8 Å². The van der Waals surface area contributed by atoms with Gasteiger partial charge in [0, 0.05) is 24.0 Å². The van der Waals surface area contributed by atoms with Crippen LogP contribution in [0.4, 0.5) is 0 Å². The molecule has 1 fully saturated rings. The number of rotatable bonds is 31. The van der Waals surface area contributed by atoms with E-state index in [2.05, 4.69) is 42.5 Å². The van der Waals surface area contributed by atoms with Gasteiger partial charge in [0.25, 0.3) is 0 Å². The fourth-order valence-corrected chi connectivity index (χ4v) is 7.41. The molecule has 1 heterocycles. The van der Waals surface area contributed by atoms with Crippen molar-refractivity contribution in [3.63, 3.8) is 0 Å². The van der Waals surface area contributed by atoms with Crippen LogP contribution in [0.2, 0.25) is 0 Å². The third kappa shape index (κ3) is 21.7. The quantitative estimate of drug-likeness (QED) is 0.0393. The number of carbonyl (C=O) groups is 1. The van der Waals surface area contributed by atoms with Crippen LogP contribution in [0.15, 0.2) is 17.8 Å². The highest BCUT2D eigenvalue weighted by Gasteiger charge is 2.48. The Morgan fingerprint density at radius 2 is 1.47 bits per heavy atom. The molecule has 0 radical (unpaired) electrons. The zero-order valence-corrected chi connectivity index (χ0v) is 34.9. The molecule has 0 aromatic carbocycles. The second-order valence-electron chi connectivity index (χ2n) is 16.7. The van der Waals surface area contributed by atoms with E-state index in [0.29, 0.717) is 59.3 Å². The number of aromatic nitrogens is 3. The molecule has 0 saturated heterocycles. The van der Waals surface area contributed by atoms with E-state index >= 15 is 0 Å². The molecule has 0 aliphatic heterocycles. The van der Waals surface area contributed by atoms with Crippen LogP contribution < -0.4 is 16.8 Å². The fourth-order valence-electron chi connectivity index (χ4n) is 7.41. The van der Waals surface area contributed by atoms with Crippen LogP contribution in [0.3, 0.4) is 0 Å². The molecular weight excluding hydrogens is 668 g/mol. The number of amides is 1. The number of nitrogens with one attached hydrogen (secondary N) is 1. The van der Waals surface area contributed by atoms with Gasteiger partial charge in [-0.1, -0.05) is 88.5 Å². The normalized spacial score (nSPS) is 22.9. The molecule has 53 heavy (non-hydrogen) atoms. The maximum Gasteiger partial charge on any atom is 0.222 e. The summed E-state index contributed by atoms with van der Waals surface area (Å²) in [6.07, 6.45) is 25.0. The molecule has 308 valence electrons. The largest absolute Gasteiger partial charge is 0.379 e. The van der Waals surface area contributed by atoms with Crippen molar-refractivity contribution in [3.8, 4) is 0 Å². The Morgan fingerprint density at radius 3 is 2.15 bits per heavy atom. The van der Waals surface area contributed by atoms with Gasteiger partial charge in [0.2, 0.25) is 5.91 Å². The molecule has 2 rings (SSSR count). The van der Waals surface area contributed by atoms with E-state index in [1.165, 1.54) is 77.0 Å². The molecule has 0 bridgehead atoms. The van der Waals surface area contributed by atoms with E-state index in [-0.39, 0.29) is 17.9 Å². The van der Waals surface area contributed by atoms with Crippen molar-refractivity contribution in [3.05, 3.63) is 23.5 Å². The van der Waals surface area contributed by atoms with Gasteiger partial charge in [0.15, 0.2) is 0 Å². The Morgan fingerprint density at radius 1 is 0.868 bits per heavy atom. The van der Waals surface area contributed by atoms with E-state index in [4.69, 9.17) is 30.4 Å². The molecule has 1 amide bonds. The van der Waals surface area contributed by atoms with Gasteiger partial charge in [0.05, 0.1) is 64.6 Å². The van der Waals surface area contributed by atoms with Crippen molar-refractivity contribution in [2.75, 3.05) is 46.2 Å². The minimum Gasteiger partial charge on any atom is -0.379 e. The number of allylic oxidation sites excluding steroid dienone is 2. The van der Waals surface area contributed by atoms with Crippen LogP contribution in [-0.2, 0) is 36.9 Å². The van der Waals surface area contributed by atoms with Gasteiger partial charge in [-0.15, -0.1) is 5.10 Å². The smallest absolute Gasteiger partial charge is 0.222 e. The Hall–Kier alpha value is -1.89. The molecule has 1 saturated carbocycles. The molecule has 5 N–H and O–H groups in total. The summed E-state index contributed by atoms with van der Waals surface area (Å²) < 4.78 is 24.4. The lowest BCUT2D eigenvalue weighted by molar-refractivity contribution is -0.125. The first kappa shape index (κ1) is 47.3. The van der Waals surface area contributed by atoms with E-state index in [1.54, 1.807) is 5.57 Å². The molecule has 1 aliphatic carbocycles. The lowest BCUT2D eigenvalue weighted by atomic mass is 9.73. The topological polar surface area (TPSA) is 149 Å². The minimum absolute atomic E-state index is 0.0720. The van der Waals surface area contributed by atoms with Crippen LogP contribution >= 0.6 is 0 Å². The van der Waals surface area contributed by atoms with Gasteiger partial charge in [-0.2, -0.15) is 0 Å². The van der Waals surface area contributed by atoms with Crippen LogP contribution in [-0.4, -0.2) is 83.8 Å². The fraction of sp³-hybridized carbons (Fsp3) is 0.881. The average molecular weight is 749 g/mol. The lowest BCUT2D eigenvalue weighted by Gasteiger charge is -2.46. The zero-order chi connectivity index (χ0) is 38.8. The Balaban J connectivity index is 1.37. The summed E-state index contributed by atoms with van der Waals surface area (Å²) in [5, 5.41) is 11.7. The molecule has 0 spiro atoms. The highest BCUT2D eigenvalue weighted by atomic mass is 16.6. The van der Waals surface area contributed by atoms with Gasteiger partial charge in [0.1, 0.15) is 5.69 Å². The Bertz CT molecular complexity index is 1130. The molecule has 11 nitrogen and oxygen atoms in total. The van der Waals surface area contributed by atoms with Crippen LogP contribution in [0.25, 0.3) is 0 Å². The van der Waals surface area contributed by atoms with Gasteiger partial charge in [-0.05, 0) is 85.0 Å². The van der Waals surface area contributed by atoms with E-state index in [9.17, 15) is 4.79 Å². The maximum atomic E-state index is 12.7. The van der Waals surface area contributed by atoms with Crippen LogP contribution in [0, 0.1) is 5.92 Å². The molecule has 1 aliphatic rings. The highest BCUT2D eigenvalue weighted by Crippen LogP contribution is 2.37. The second-order valence-corrected chi connectivity index (χ2v) is 16.7. The zero-order valence-electron chi connectivity index (χ0n) is 34.9. The number of nitrogens with two attached hydrogens (primary N) is 2. The molecule has 11 heteroatoms. The molecule has 1 aromatic rings. The van der Waals surface area contributed by atoms with Gasteiger partial charge >= 0.3 is 0 Å². The molecule has 4 atom stereocenters. The number of carbonyl (C=O) groups excluding carboxylic acids is 1. The van der Waals surface area contributed by atoms with E-state index in [1.807, 2.05) is 31.6 Å². The number of nitrogens with zero attached hydrogens (tertiary/aromatic N) is 3. The van der Waals surface area contributed by atoms with Crippen molar-refractivity contribution in [2.45, 2.75) is 187 Å². The minimum atomic E-state index is -0.568. The standard InChI is InChI=1S/C42H80N6O5/c1-7-18-36(2)19-13-11-9-8-10-12-14-20-37(3)21-15-16-25-48-33-38(46-47-48)34-53-32-31-52-30-29-51-28-27-50-26-22-39(49)45-42(6)35-40(4,43)23-17-24-41(42,5)44/h19,33,37H,7-18,20-32,34-35,43-44H2,1-6H3,(H,45,49)/b36-19-. The van der Waals surface area contributed by atoms with Crippen LogP contribution in [0.1, 0.15) is 163 Å². The molecular formula is C42H80N6O5. The summed E-state index contributed by atoms with van der Waals surface area (Å²) in [6, 6.07) is 0. The second kappa shape index (κ2) is 26.8. The number of hydrogen-bond acceptors (Lipinski definition) is 9. The number of aryl methyl sites for hydroxylation is 1. The maximum absolute atomic E-state index is 12.7. The Labute approximate surface area is 323 Å². The third-order valence-corrected chi connectivity index (χ3v) is 10.9. The first-order valence-electron chi connectivity index (χ1n) is 21.1. The third-order valence-electron chi connectivity index (χ3n) is 10.9. The number of hydrogen-bond donors (Lipinski definition) is 3. The van der Waals surface area contributed by atoms with Gasteiger partial charge in [-0.25, -0.2) is 0 Å². The van der Waals surface area contributed by atoms with Crippen molar-refractivity contribution < 1.29 is 23.7 Å². The number of ether oxygens (including phenoxy) is 4. The average Bonchev–Trinajstić information content (AvgIpc) is 3.52. The first-order valence-corrected chi connectivity index (χ1v) is 21.1. The van der Waals surface area contributed by atoms with Crippen LogP contribution in [0.5, 0.6) is 0 Å². The summed E-state index contributed by atoms with van der Waals surface area (Å²) in [5.74, 6) is 0.729. The Kier molecular flexibility index (Phi) is 23.9. The highest BCUT2D eigenvalue weighted by molar-refractivity contribution is 5.77. The SMILES string of the molecule is CCC/C(C)=C\CCCCCCCCC(C)CCCCn1cc(COCCOCCOCCOCCC(=O)NC2(C)CC(C)(N)CCCC2(C)N)nn1. The first-order chi connectivity index (χ1) is 25.4. The lowest BCUT2D eigenvalue weighted by Crippen LogP contribution is -2.67. The molecule has 1 aromatic heterocycles. The predicted molar refractivity (Wildman–Crippen MR) is 216 cm³/mol. The summed E-state index contributed by atoms with van der Waals surface area (Å²) in [6.45, 7) is 17.4. The van der Waals surface area contributed by atoms with Gasteiger partial charge < -0.3 is 35.7 Å². The summed E-state index contributed by atoms with van der Waals surface area (Å²) in [7, 11) is 0. The van der Waals surface area contributed by atoms with Crippen molar-refractivity contribution in [1.29, 1.82) is 0 Å². The van der Waals surface area contributed by atoms with Crippen molar-refractivity contribution in [1.82, 2.24) is 20.3 Å². The summed E-state index contributed by atoms with van der Waals surface area (Å²) in [4.78, 5) is 12.7.